The minimum Gasteiger partial charge on any atom is -0.494 e. The Kier molecular flexibility index (Phi) is 6.87. The molecular weight excluding hydrogens is 228 g/mol. The van der Waals surface area contributed by atoms with Gasteiger partial charge < -0.3 is 15.4 Å². The molecule has 2 N–H and O–H groups in total. The van der Waals surface area contributed by atoms with Crippen LogP contribution >= 0.6 is 0 Å². The Balaban J connectivity index is 2.30. The Morgan fingerprint density at radius 2 is 1.89 bits per heavy atom. The van der Waals surface area contributed by atoms with Crippen LogP contribution in [0.4, 0.5) is 5.69 Å². The van der Waals surface area contributed by atoms with Crippen molar-refractivity contribution in [2.45, 2.75) is 26.7 Å². The number of carbonyl (C=O) groups excluding carboxylic acids is 1. The summed E-state index contributed by atoms with van der Waals surface area (Å²) < 4.78 is 5.33. The Bertz CT molecular complexity index is 349. The van der Waals surface area contributed by atoms with Gasteiger partial charge in [-0.3, -0.25) is 4.79 Å². The van der Waals surface area contributed by atoms with Gasteiger partial charge in [-0.05, 0) is 44.2 Å². The average molecular weight is 250 g/mol. The minimum atomic E-state index is 0.0303. The van der Waals surface area contributed by atoms with Crippen molar-refractivity contribution in [3.05, 3.63) is 24.3 Å². The molecule has 0 heterocycles. The molecule has 0 saturated heterocycles. The highest BCUT2D eigenvalue weighted by Gasteiger charge is 2.01. The summed E-state index contributed by atoms with van der Waals surface area (Å²) in [5.74, 6) is 0.850. The maximum absolute atomic E-state index is 11.6. The lowest BCUT2D eigenvalue weighted by Gasteiger charge is -2.07. The summed E-state index contributed by atoms with van der Waals surface area (Å²) in [6, 6.07) is 7.41. The van der Waals surface area contributed by atoms with Gasteiger partial charge in [0.25, 0.3) is 0 Å². The number of anilines is 1. The number of hydrogen-bond acceptors (Lipinski definition) is 3. The molecule has 0 atom stereocenters. The Morgan fingerprint density at radius 1 is 1.17 bits per heavy atom. The summed E-state index contributed by atoms with van der Waals surface area (Å²) in [7, 11) is 0. The Labute approximate surface area is 109 Å². The molecule has 0 aliphatic heterocycles. The van der Waals surface area contributed by atoms with Gasteiger partial charge in [-0.2, -0.15) is 0 Å². The van der Waals surface area contributed by atoms with Crippen molar-refractivity contribution in [2.24, 2.45) is 0 Å². The molecule has 100 valence electrons. The molecule has 0 bridgehead atoms. The zero-order valence-electron chi connectivity index (χ0n) is 11.2. The van der Waals surface area contributed by atoms with Crippen molar-refractivity contribution in [3.8, 4) is 5.75 Å². The maximum Gasteiger partial charge on any atom is 0.225 e. The number of rotatable bonds is 8. The van der Waals surface area contributed by atoms with Crippen LogP contribution in [0, 0.1) is 0 Å². The molecule has 1 rings (SSSR count). The van der Waals surface area contributed by atoms with E-state index in [1.807, 2.05) is 31.2 Å². The van der Waals surface area contributed by atoms with E-state index >= 15 is 0 Å². The van der Waals surface area contributed by atoms with E-state index in [-0.39, 0.29) is 5.91 Å². The molecule has 1 aromatic carbocycles. The van der Waals surface area contributed by atoms with E-state index in [1.165, 1.54) is 0 Å². The van der Waals surface area contributed by atoms with E-state index in [4.69, 9.17) is 4.74 Å². The van der Waals surface area contributed by atoms with Crippen LogP contribution in [0.2, 0.25) is 0 Å². The van der Waals surface area contributed by atoms with E-state index in [1.54, 1.807) is 0 Å². The van der Waals surface area contributed by atoms with E-state index < -0.39 is 0 Å². The third-order valence-electron chi connectivity index (χ3n) is 2.40. The second kappa shape index (κ2) is 8.53. The lowest BCUT2D eigenvalue weighted by molar-refractivity contribution is -0.116. The molecule has 0 radical (unpaired) electrons. The smallest absolute Gasteiger partial charge is 0.225 e. The fourth-order valence-electron chi connectivity index (χ4n) is 1.53. The van der Waals surface area contributed by atoms with Crippen molar-refractivity contribution in [2.75, 3.05) is 25.0 Å². The number of amides is 1. The second-order valence-electron chi connectivity index (χ2n) is 4.01. The van der Waals surface area contributed by atoms with E-state index in [0.29, 0.717) is 13.0 Å². The molecule has 1 aromatic rings. The molecule has 18 heavy (non-hydrogen) atoms. The first-order valence-electron chi connectivity index (χ1n) is 6.49. The molecule has 0 fully saturated rings. The van der Waals surface area contributed by atoms with Crippen LogP contribution in [0.3, 0.4) is 0 Å². The van der Waals surface area contributed by atoms with Crippen LogP contribution in [0.1, 0.15) is 26.7 Å². The standard InChI is InChI=1S/C14H22N2O2/c1-3-10-15-11-9-14(17)16-12-5-7-13(8-6-12)18-4-2/h5-8,15H,3-4,9-11H2,1-2H3,(H,16,17). The zero-order valence-corrected chi connectivity index (χ0v) is 11.2. The largest absolute Gasteiger partial charge is 0.494 e. The lowest BCUT2D eigenvalue weighted by atomic mass is 10.3. The second-order valence-corrected chi connectivity index (χ2v) is 4.01. The number of ether oxygens (including phenoxy) is 1. The quantitative estimate of drug-likeness (QED) is 0.697. The van der Waals surface area contributed by atoms with Gasteiger partial charge in [0.15, 0.2) is 0 Å². The van der Waals surface area contributed by atoms with Gasteiger partial charge in [0.2, 0.25) is 5.91 Å². The van der Waals surface area contributed by atoms with Crippen LogP contribution in [-0.2, 0) is 4.79 Å². The zero-order chi connectivity index (χ0) is 13.2. The molecule has 0 aromatic heterocycles. The molecule has 1 amide bonds. The van der Waals surface area contributed by atoms with Crippen molar-refractivity contribution >= 4 is 11.6 Å². The predicted molar refractivity (Wildman–Crippen MR) is 74.0 cm³/mol. The number of nitrogens with one attached hydrogen (secondary N) is 2. The SMILES string of the molecule is CCCNCCC(=O)Nc1ccc(OCC)cc1. The topological polar surface area (TPSA) is 50.4 Å². The lowest BCUT2D eigenvalue weighted by Crippen LogP contribution is -2.22. The molecular formula is C14H22N2O2. The third-order valence-corrected chi connectivity index (χ3v) is 2.40. The number of benzene rings is 1. The van der Waals surface area contributed by atoms with Gasteiger partial charge in [0.1, 0.15) is 5.75 Å². The first-order chi connectivity index (χ1) is 8.76. The van der Waals surface area contributed by atoms with Crippen LogP contribution in [0.15, 0.2) is 24.3 Å². The van der Waals surface area contributed by atoms with Gasteiger partial charge in [0, 0.05) is 18.7 Å². The summed E-state index contributed by atoms with van der Waals surface area (Å²) in [5, 5.41) is 6.05. The van der Waals surface area contributed by atoms with E-state index in [9.17, 15) is 4.79 Å². The first kappa shape index (κ1) is 14.5. The van der Waals surface area contributed by atoms with Gasteiger partial charge in [0.05, 0.1) is 6.61 Å². The highest BCUT2D eigenvalue weighted by Crippen LogP contribution is 2.15. The van der Waals surface area contributed by atoms with E-state index in [2.05, 4.69) is 17.6 Å². The molecule has 0 spiro atoms. The average Bonchev–Trinajstić information content (AvgIpc) is 2.37. The van der Waals surface area contributed by atoms with Crippen molar-refractivity contribution in [1.29, 1.82) is 0 Å². The van der Waals surface area contributed by atoms with E-state index in [0.717, 1.165) is 30.9 Å². The van der Waals surface area contributed by atoms with Gasteiger partial charge >= 0.3 is 0 Å². The first-order valence-corrected chi connectivity index (χ1v) is 6.49. The minimum absolute atomic E-state index is 0.0303. The van der Waals surface area contributed by atoms with Gasteiger partial charge in [-0.25, -0.2) is 0 Å². The van der Waals surface area contributed by atoms with Crippen molar-refractivity contribution in [1.82, 2.24) is 5.32 Å². The monoisotopic (exact) mass is 250 g/mol. The summed E-state index contributed by atoms with van der Waals surface area (Å²) >= 11 is 0. The molecule has 4 nitrogen and oxygen atoms in total. The van der Waals surface area contributed by atoms with Crippen LogP contribution in [-0.4, -0.2) is 25.6 Å². The molecule has 0 aliphatic rings. The Morgan fingerprint density at radius 3 is 2.50 bits per heavy atom. The number of carbonyl (C=O) groups is 1. The van der Waals surface area contributed by atoms with Crippen LogP contribution in [0.5, 0.6) is 5.75 Å². The molecule has 0 unspecified atom stereocenters. The van der Waals surface area contributed by atoms with Crippen molar-refractivity contribution in [3.63, 3.8) is 0 Å². The summed E-state index contributed by atoms with van der Waals surface area (Å²) in [5.41, 5.74) is 0.805. The molecule has 0 aliphatic carbocycles. The number of hydrogen-bond donors (Lipinski definition) is 2. The van der Waals surface area contributed by atoms with Gasteiger partial charge in [-0.1, -0.05) is 6.92 Å². The van der Waals surface area contributed by atoms with Gasteiger partial charge in [-0.15, -0.1) is 0 Å². The van der Waals surface area contributed by atoms with Crippen LogP contribution < -0.4 is 15.4 Å². The Hall–Kier alpha value is -1.55. The highest BCUT2D eigenvalue weighted by molar-refractivity contribution is 5.90. The molecule has 0 saturated carbocycles. The summed E-state index contributed by atoms with van der Waals surface area (Å²) in [4.78, 5) is 11.6. The fourth-order valence-corrected chi connectivity index (χ4v) is 1.53. The summed E-state index contributed by atoms with van der Waals surface area (Å²) in [6.07, 6.45) is 1.58. The fraction of sp³-hybridized carbons (Fsp3) is 0.500. The normalized spacial score (nSPS) is 10.1. The highest BCUT2D eigenvalue weighted by atomic mass is 16.5. The predicted octanol–water partition coefficient (Wildman–Crippen LogP) is 2.41. The van der Waals surface area contributed by atoms with Crippen LogP contribution in [0.25, 0.3) is 0 Å². The third kappa shape index (κ3) is 5.68. The van der Waals surface area contributed by atoms with Crippen molar-refractivity contribution < 1.29 is 9.53 Å². The summed E-state index contributed by atoms with van der Waals surface area (Å²) in [6.45, 7) is 6.37. The molecule has 4 heteroatoms. The maximum atomic E-state index is 11.6.